The van der Waals surface area contributed by atoms with Gasteiger partial charge in [-0.1, -0.05) is 41.4 Å². The molecule has 9 heteroatoms. The van der Waals surface area contributed by atoms with Crippen LogP contribution >= 0.6 is 23.2 Å². The Morgan fingerprint density at radius 2 is 1.90 bits per heavy atom. The molecule has 30 heavy (non-hydrogen) atoms. The summed E-state index contributed by atoms with van der Waals surface area (Å²) in [7, 11) is 0. The third kappa shape index (κ3) is 4.01. The number of ether oxygens (including phenoxy) is 1. The quantitative estimate of drug-likeness (QED) is 0.540. The molecule has 0 spiro atoms. The number of carbonyl (C=O) groups excluding carboxylic acids is 1. The fraction of sp³-hybridized carbons (Fsp3) is 0.333. The number of fused-ring (bicyclic) bond motifs is 1. The van der Waals surface area contributed by atoms with Crippen molar-refractivity contribution in [2.75, 3.05) is 6.61 Å². The molecule has 1 unspecified atom stereocenters. The fourth-order valence-corrected chi connectivity index (χ4v) is 4.22. The number of halogens is 5. The third-order valence-electron chi connectivity index (χ3n) is 5.15. The molecule has 0 radical (unpaired) electrons. The number of rotatable bonds is 6. The van der Waals surface area contributed by atoms with Crippen LogP contribution in [0.25, 0.3) is 0 Å². The second kappa shape index (κ2) is 8.12. The Labute approximate surface area is 180 Å². The highest BCUT2D eigenvalue weighted by atomic mass is 35.5. The van der Waals surface area contributed by atoms with Crippen molar-refractivity contribution in [2.45, 2.75) is 37.8 Å². The van der Waals surface area contributed by atoms with Crippen molar-refractivity contribution in [1.29, 1.82) is 0 Å². The van der Waals surface area contributed by atoms with E-state index < -0.39 is 28.9 Å². The Bertz CT molecular complexity index is 1020. The van der Waals surface area contributed by atoms with E-state index >= 15 is 0 Å². The molecule has 2 aromatic carbocycles. The highest BCUT2D eigenvalue weighted by molar-refractivity contribution is 6.45. The zero-order valence-electron chi connectivity index (χ0n) is 15.8. The molecule has 0 bridgehead atoms. The van der Waals surface area contributed by atoms with Crippen LogP contribution in [0.4, 0.5) is 13.2 Å². The van der Waals surface area contributed by atoms with Crippen molar-refractivity contribution in [3.8, 4) is 5.75 Å². The molecule has 0 saturated heterocycles. The molecule has 4 nitrogen and oxygen atoms in total. The highest BCUT2D eigenvalue weighted by Gasteiger charge is 2.49. The maximum atomic E-state index is 13.5. The molecule has 160 valence electrons. The molecule has 1 N–H and O–H groups in total. The number of carboxylic acids is 1. The Balaban J connectivity index is 1.99. The summed E-state index contributed by atoms with van der Waals surface area (Å²) in [5, 5.41) is 8.57. The first-order chi connectivity index (χ1) is 14.0. The minimum absolute atomic E-state index is 0.00334. The fourth-order valence-electron chi connectivity index (χ4n) is 3.71. The number of benzene rings is 2. The second-order valence-corrected chi connectivity index (χ2v) is 8.02. The van der Waals surface area contributed by atoms with Gasteiger partial charge in [0.2, 0.25) is 0 Å². The number of alkyl halides is 3. The molecule has 1 aliphatic carbocycles. The van der Waals surface area contributed by atoms with Crippen molar-refractivity contribution in [2.24, 2.45) is 0 Å². The van der Waals surface area contributed by atoms with Gasteiger partial charge in [-0.3, -0.25) is 9.59 Å². The van der Waals surface area contributed by atoms with Gasteiger partial charge >= 0.3 is 12.1 Å². The zero-order chi connectivity index (χ0) is 22.3. The summed E-state index contributed by atoms with van der Waals surface area (Å²) < 4.78 is 46.1. The van der Waals surface area contributed by atoms with Crippen LogP contribution in [0.15, 0.2) is 30.3 Å². The van der Waals surface area contributed by atoms with E-state index in [-0.39, 0.29) is 52.8 Å². The smallest absolute Gasteiger partial charge is 0.416 e. The van der Waals surface area contributed by atoms with E-state index in [0.717, 1.165) is 6.07 Å². The molecule has 0 aromatic heterocycles. The Kier molecular flexibility index (Phi) is 6.07. The van der Waals surface area contributed by atoms with Crippen LogP contribution < -0.4 is 4.74 Å². The lowest BCUT2D eigenvalue weighted by molar-refractivity contribution is -0.139. The topological polar surface area (TPSA) is 63.6 Å². The number of carbonyl (C=O) groups is 2. The average Bonchev–Trinajstić information content (AvgIpc) is 2.93. The van der Waals surface area contributed by atoms with Gasteiger partial charge in [-0.15, -0.1) is 0 Å². The van der Waals surface area contributed by atoms with Crippen molar-refractivity contribution >= 4 is 35.0 Å². The Hall–Kier alpha value is -2.25. The molecule has 0 aliphatic heterocycles. The molecule has 1 aliphatic rings. The lowest BCUT2D eigenvalue weighted by Gasteiger charge is -2.26. The summed E-state index contributed by atoms with van der Waals surface area (Å²) in [5.41, 5.74) is -1.96. The van der Waals surface area contributed by atoms with Crippen LogP contribution in [0.2, 0.25) is 10.0 Å². The minimum atomic E-state index is -4.62. The van der Waals surface area contributed by atoms with E-state index in [2.05, 4.69) is 0 Å². The second-order valence-electron chi connectivity index (χ2n) is 7.26. The molecule has 0 amide bonds. The molecule has 0 saturated carbocycles. The van der Waals surface area contributed by atoms with Gasteiger partial charge < -0.3 is 9.84 Å². The molecule has 2 aromatic rings. The van der Waals surface area contributed by atoms with Gasteiger partial charge in [0.1, 0.15) is 10.8 Å². The molecule has 0 fully saturated rings. The Morgan fingerprint density at radius 3 is 2.53 bits per heavy atom. The van der Waals surface area contributed by atoms with Gasteiger partial charge in [-0.05, 0) is 43.0 Å². The van der Waals surface area contributed by atoms with Gasteiger partial charge in [0.05, 0.1) is 22.6 Å². The van der Waals surface area contributed by atoms with E-state index in [1.807, 2.05) is 0 Å². The maximum Gasteiger partial charge on any atom is 0.416 e. The third-order valence-corrected chi connectivity index (χ3v) is 6.00. The van der Waals surface area contributed by atoms with Gasteiger partial charge in [-0.2, -0.15) is 13.2 Å². The highest BCUT2D eigenvalue weighted by Crippen LogP contribution is 2.49. The van der Waals surface area contributed by atoms with E-state index in [1.165, 1.54) is 31.2 Å². The van der Waals surface area contributed by atoms with Crippen molar-refractivity contribution < 1.29 is 32.6 Å². The van der Waals surface area contributed by atoms with Gasteiger partial charge in [0, 0.05) is 12.0 Å². The predicted octanol–water partition coefficient (Wildman–Crippen LogP) is 5.95. The number of ketones is 1. The minimum Gasteiger partial charge on any atom is -0.492 e. The summed E-state index contributed by atoms with van der Waals surface area (Å²) >= 11 is 12.5. The first-order valence-electron chi connectivity index (χ1n) is 9.03. The number of Topliss-reactive ketones (excluding diaryl/α,β-unsaturated/α-hetero) is 1. The van der Waals surface area contributed by atoms with Crippen LogP contribution in [-0.4, -0.2) is 23.5 Å². The number of hydrogen-bond donors (Lipinski definition) is 1. The van der Waals surface area contributed by atoms with E-state index in [1.54, 1.807) is 0 Å². The van der Waals surface area contributed by atoms with Crippen molar-refractivity contribution in [3.05, 3.63) is 62.6 Å². The standard InChI is InChI=1S/C21H17Cl2F3O4/c1-20(12-5-2-3-6-13(12)21(24,25)26)10-11-9-14(30-8-4-7-15(27)28)17(22)18(23)16(11)19(20)29/h2-3,5-6,9H,4,7-8,10H2,1H3,(H,27,28). The summed E-state index contributed by atoms with van der Waals surface area (Å²) in [6, 6.07) is 6.46. The van der Waals surface area contributed by atoms with E-state index in [4.69, 9.17) is 33.0 Å². The molecule has 0 heterocycles. The van der Waals surface area contributed by atoms with Crippen LogP contribution in [0.5, 0.6) is 5.75 Å². The van der Waals surface area contributed by atoms with Gasteiger partial charge in [0.25, 0.3) is 0 Å². The van der Waals surface area contributed by atoms with Crippen LogP contribution in [0.3, 0.4) is 0 Å². The maximum absolute atomic E-state index is 13.5. The average molecular weight is 461 g/mol. The number of carboxylic acid groups (broad SMARTS) is 1. The predicted molar refractivity (Wildman–Crippen MR) is 106 cm³/mol. The Morgan fingerprint density at radius 1 is 1.23 bits per heavy atom. The van der Waals surface area contributed by atoms with Crippen LogP contribution in [-0.2, 0) is 22.8 Å². The normalized spacial score (nSPS) is 18.4. The van der Waals surface area contributed by atoms with E-state index in [9.17, 15) is 22.8 Å². The summed E-state index contributed by atoms with van der Waals surface area (Å²) in [5.74, 6) is -1.35. The first-order valence-corrected chi connectivity index (χ1v) is 9.79. The first kappa shape index (κ1) is 22.4. The lowest BCUT2D eigenvalue weighted by Crippen LogP contribution is -2.32. The summed E-state index contributed by atoms with van der Waals surface area (Å²) in [6.45, 7) is 1.51. The lowest BCUT2D eigenvalue weighted by atomic mass is 9.76. The van der Waals surface area contributed by atoms with Crippen LogP contribution in [0.1, 0.15) is 46.8 Å². The van der Waals surface area contributed by atoms with E-state index in [0.29, 0.717) is 5.56 Å². The van der Waals surface area contributed by atoms with Crippen molar-refractivity contribution in [3.63, 3.8) is 0 Å². The molecule has 3 rings (SSSR count). The van der Waals surface area contributed by atoms with Crippen LogP contribution in [0, 0.1) is 0 Å². The van der Waals surface area contributed by atoms with Crippen molar-refractivity contribution in [1.82, 2.24) is 0 Å². The van der Waals surface area contributed by atoms with Gasteiger partial charge in [-0.25, -0.2) is 0 Å². The number of hydrogen-bond acceptors (Lipinski definition) is 3. The number of aliphatic carboxylic acids is 1. The SMILES string of the molecule is CC1(c2ccccc2C(F)(F)F)Cc2cc(OCCCC(=O)O)c(Cl)c(Cl)c2C1=O. The monoisotopic (exact) mass is 460 g/mol. The largest absolute Gasteiger partial charge is 0.492 e. The summed E-state index contributed by atoms with van der Waals surface area (Å²) in [4.78, 5) is 23.8. The zero-order valence-corrected chi connectivity index (χ0v) is 17.3. The summed E-state index contributed by atoms with van der Waals surface area (Å²) in [6.07, 6.45) is -4.48. The molecular weight excluding hydrogens is 444 g/mol. The van der Waals surface area contributed by atoms with Gasteiger partial charge in [0.15, 0.2) is 5.78 Å². The molecular formula is C21H17Cl2F3O4. The molecule has 1 atom stereocenters.